The van der Waals surface area contributed by atoms with Gasteiger partial charge in [0.2, 0.25) is 0 Å². The maximum Gasteiger partial charge on any atom is 0.340 e. The first-order valence-electron chi connectivity index (χ1n) is 5.00. The molecule has 0 saturated heterocycles. The van der Waals surface area contributed by atoms with Crippen LogP contribution in [0.15, 0.2) is 0 Å². The molecule has 1 aliphatic carbocycles. The lowest BCUT2D eigenvalue weighted by Gasteiger charge is -2.19. The smallest absolute Gasteiger partial charge is 0.340 e. The van der Waals surface area contributed by atoms with Crippen LogP contribution in [0.2, 0.25) is 0 Å². The van der Waals surface area contributed by atoms with Crippen LogP contribution in [0.3, 0.4) is 0 Å². The molecule has 3 N–H and O–H groups in total. The van der Waals surface area contributed by atoms with Crippen molar-refractivity contribution >= 4 is 5.97 Å². The summed E-state index contributed by atoms with van der Waals surface area (Å²) >= 11 is 0. The minimum absolute atomic E-state index is 0.106. The first-order valence-corrected chi connectivity index (χ1v) is 5.00. The highest BCUT2D eigenvalue weighted by molar-refractivity contribution is 5.81. The predicted molar refractivity (Wildman–Crippen MR) is 52.5 cm³/mol. The molecular weight excluding hydrogens is 196 g/mol. The monoisotopic (exact) mass is 210 g/mol. The van der Waals surface area contributed by atoms with Crippen LogP contribution < -0.4 is 0 Å². The Hall–Kier alpha value is -1.36. The summed E-state index contributed by atoms with van der Waals surface area (Å²) in [4.78, 5) is 11.1. The summed E-state index contributed by atoms with van der Waals surface area (Å²) in [5.74, 6) is -1.08. The Morgan fingerprint density at radius 3 is 2.80 bits per heavy atom. The molecule has 0 radical (unpaired) electrons. The summed E-state index contributed by atoms with van der Waals surface area (Å²) in [7, 11) is 0. The molecule has 82 valence electrons. The van der Waals surface area contributed by atoms with E-state index in [-0.39, 0.29) is 12.3 Å². The zero-order valence-corrected chi connectivity index (χ0v) is 8.74. The van der Waals surface area contributed by atoms with Gasteiger partial charge in [0.1, 0.15) is 0 Å². The Balaban J connectivity index is 2.57. The molecule has 1 heterocycles. The van der Waals surface area contributed by atoms with E-state index in [2.05, 4.69) is 10.2 Å². The SMILES string of the molecule is CC(C)c1n[nH]c2c1C(O)(C(=O)O)CC2. The molecule has 1 aromatic heterocycles. The fourth-order valence-corrected chi connectivity index (χ4v) is 2.10. The molecule has 0 amide bonds. The van der Waals surface area contributed by atoms with Gasteiger partial charge in [-0.25, -0.2) is 4.79 Å². The zero-order valence-electron chi connectivity index (χ0n) is 8.74. The number of aromatic nitrogens is 2. The highest BCUT2D eigenvalue weighted by atomic mass is 16.4. The van der Waals surface area contributed by atoms with E-state index in [0.29, 0.717) is 17.7 Å². The number of aliphatic carboxylic acids is 1. The Bertz CT molecular complexity index is 411. The van der Waals surface area contributed by atoms with Crippen LogP contribution in [0.25, 0.3) is 0 Å². The minimum Gasteiger partial charge on any atom is -0.479 e. The number of carboxylic acids is 1. The summed E-state index contributed by atoms with van der Waals surface area (Å²) in [6.07, 6.45) is 0.767. The van der Waals surface area contributed by atoms with Crippen molar-refractivity contribution in [3.05, 3.63) is 17.0 Å². The van der Waals surface area contributed by atoms with Crippen molar-refractivity contribution in [1.82, 2.24) is 10.2 Å². The van der Waals surface area contributed by atoms with Crippen LogP contribution in [-0.2, 0) is 16.8 Å². The van der Waals surface area contributed by atoms with Gasteiger partial charge in [0, 0.05) is 11.3 Å². The average molecular weight is 210 g/mol. The number of aliphatic hydroxyl groups is 1. The van der Waals surface area contributed by atoms with E-state index in [1.165, 1.54) is 0 Å². The van der Waals surface area contributed by atoms with Crippen molar-refractivity contribution in [2.45, 2.75) is 38.2 Å². The van der Waals surface area contributed by atoms with Gasteiger partial charge in [0.05, 0.1) is 5.69 Å². The number of hydrogen-bond donors (Lipinski definition) is 3. The molecule has 0 aromatic carbocycles. The summed E-state index contributed by atoms with van der Waals surface area (Å²) in [6, 6.07) is 0. The molecule has 15 heavy (non-hydrogen) atoms. The highest BCUT2D eigenvalue weighted by Gasteiger charge is 2.47. The maximum absolute atomic E-state index is 11.1. The Labute approximate surface area is 87.1 Å². The Morgan fingerprint density at radius 2 is 2.27 bits per heavy atom. The van der Waals surface area contributed by atoms with Crippen molar-refractivity contribution in [2.75, 3.05) is 0 Å². The quantitative estimate of drug-likeness (QED) is 0.672. The molecular formula is C10H14N2O3. The normalized spacial score (nSPS) is 24.5. The van der Waals surface area contributed by atoms with E-state index in [9.17, 15) is 9.90 Å². The number of carboxylic acid groups (broad SMARTS) is 1. The minimum atomic E-state index is -1.75. The molecule has 0 spiro atoms. The summed E-state index contributed by atoms with van der Waals surface area (Å²) in [5, 5.41) is 26.0. The fraction of sp³-hybridized carbons (Fsp3) is 0.600. The Kier molecular flexibility index (Phi) is 2.08. The molecule has 0 bridgehead atoms. The van der Waals surface area contributed by atoms with Gasteiger partial charge in [0.25, 0.3) is 0 Å². The van der Waals surface area contributed by atoms with E-state index in [0.717, 1.165) is 5.69 Å². The number of aryl methyl sites for hydroxylation is 1. The maximum atomic E-state index is 11.1. The van der Waals surface area contributed by atoms with Gasteiger partial charge >= 0.3 is 5.97 Å². The van der Waals surface area contributed by atoms with Gasteiger partial charge in [-0.2, -0.15) is 5.10 Å². The number of fused-ring (bicyclic) bond motifs is 1. The molecule has 0 aliphatic heterocycles. The van der Waals surface area contributed by atoms with Crippen molar-refractivity contribution in [3.63, 3.8) is 0 Å². The molecule has 1 atom stereocenters. The van der Waals surface area contributed by atoms with E-state index in [4.69, 9.17) is 5.11 Å². The number of rotatable bonds is 2. The predicted octanol–water partition coefficient (Wildman–Crippen LogP) is 0.752. The number of nitrogens with one attached hydrogen (secondary N) is 1. The third kappa shape index (κ3) is 1.26. The number of hydrogen-bond acceptors (Lipinski definition) is 3. The van der Waals surface area contributed by atoms with E-state index in [1.807, 2.05) is 13.8 Å². The number of H-pyrrole nitrogens is 1. The fourth-order valence-electron chi connectivity index (χ4n) is 2.10. The summed E-state index contributed by atoms with van der Waals surface area (Å²) in [6.45, 7) is 3.86. The highest BCUT2D eigenvalue weighted by Crippen LogP contribution is 2.40. The van der Waals surface area contributed by atoms with Gasteiger partial charge in [0.15, 0.2) is 5.60 Å². The molecule has 0 saturated carbocycles. The summed E-state index contributed by atoms with van der Waals surface area (Å²) in [5.41, 5.74) is 0.142. The van der Waals surface area contributed by atoms with Crippen LogP contribution in [0.4, 0.5) is 0 Å². The lowest BCUT2D eigenvalue weighted by molar-refractivity contribution is -0.159. The van der Waals surface area contributed by atoms with Gasteiger partial charge in [-0.1, -0.05) is 13.8 Å². The van der Waals surface area contributed by atoms with Gasteiger partial charge in [-0.15, -0.1) is 0 Å². The molecule has 5 heteroatoms. The van der Waals surface area contributed by atoms with E-state index in [1.54, 1.807) is 0 Å². The molecule has 1 unspecified atom stereocenters. The largest absolute Gasteiger partial charge is 0.479 e. The lowest BCUT2D eigenvalue weighted by Crippen LogP contribution is -2.33. The molecule has 5 nitrogen and oxygen atoms in total. The molecule has 1 aliphatic rings. The van der Waals surface area contributed by atoms with Crippen LogP contribution in [-0.4, -0.2) is 26.4 Å². The number of aromatic amines is 1. The average Bonchev–Trinajstić information content (AvgIpc) is 2.68. The second-order valence-electron chi connectivity index (χ2n) is 4.28. The second kappa shape index (κ2) is 3.06. The standard InChI is InChI=1S/C10H14N2O3/c1-5(2)8-7-6(11-12-8)3-4-10(7,15)9(13)14/h5,15H,3-4H2,1-2H3,(H,11,12)(H,13,14). The van der Waals surface area contributed by atoms with Crippen molar-refractivity contribution in [2.24, 2.45) is 0 Å². The topological polar surface area (TPSA) is 86.2 Å². The molecule has 2 rings (SSSR count). The lowest BCUT2D eigenvalue weighted by atomic mass is 9.92. The summed E-state index contributed by atoms with van der Waals surface area (Å²) < 4.78 is 0. The second-order valence-corrected chi connectivity index (χ2v) is 4.28. The zero-order chi connectivity index (χ0) is 11.2. The molecule has 0 fully saturated rings. The first-order chi connectivity index (χ1) is 6.97. The van der Waals surface area contributed by atoms with Gasteiger partial charge in [-0.3, -0.25) is 5.10 Å². The van der Waals surface area contributed by atoms with Gasteiger partial charge in [-0.05, 0) is 18.8 Å². The van der Waals surface area contributed by atoms with Crippen molar-refractivity contribution in [1.29, 1.82) is 0 Å². The molecule has 1 aromatic rings. The Morgan fingerprint density at radius 1 is 1.60 bits per heavy atom. The van der Waals surface area contributed by atoms with Crippen molar-refractivity contribution < 1.29 is 15.0 Å². The van der Waals surface area contributed by atoms with Crippen LogP contribution in [0, 0.1) is 0 Å². The third-order valence-corrected chi connectivity index (χ3v) is 2.92. The van der Waals surface area contributed by atoms with Crippen LogP contribution in [0.1, 0.15) is 43.1 Å². The van der Waals surface area contributed by atoms with E-state index < -0.39 is 11.6 Å². The first kappa shape index (κ1) is 10.2. The van der Waals surface area contributed by atoms with Crippen LogP contribution in [0.5, 0.6) is 0 Å². The number of carbonyl (C=O) groups is 1. The van der Waals surface area contributed by atoms with Gasteiger partial charge < -0.3 is 10.2 Å². The number of nitrogens with zero attached hydrogens (tertiary/aromatic N) is 1. The van der Waals surface area contributed by atoms with Crippen molar-refractivity contribution in [3.8, 4) is 0 Å². The van der Waals surface area contributed by atoms with E-state index >= 15 is 0 Å². The van der Waals surface area contributed by atoms with Crippen LogP contribution >= 0.6 is 0 Å². The third-order valence-electron chi connectivity index (χ3n) is 2.92.